The Bertz CT molecular complexity index is 547. The van der Waals surface area contributed by atoms with Gasteiger partial charge in [-0.3, -0.25) is 4.79 Å². The summed E-state index contributed by atoms with van der Waals surface area (Å²) in [5.74, 6) is 0.671. The first-order chi connectivity index (χ1) is 10.0. The summed E-state index contributed by atoms with van der Waals surface area (Å²) in [5.41, 5.74) is 0.418. The van der Waals surface area contributed by atoms with E-state index in [0.717, 1.165) is 12.8 Å². The van der Waals surface area contributed by atoms with E-state index in [1.807, 2.05) is 6.07 Å². The molecule has 1 amide bonds. The van der Waals surface area contributed by atoms with Gasteiger partial charge in [-0.1, -0.05) is 12.1 Å². The van der Waals surface area contributed by atoms with Gasteiger partial charge in [0.05, 0.1) is 11.7 Å². The topological polar surface area (TPSA) is 73.6 Å². The number of hydrogen-bond acceptors (Lipinski definition) is 4. The van der Waals surface area contributed by atoms with Crippen molar-refractivity contribution < 1.29 is 14.6 Å². The Kier molecular flexibility index (Phi) is 4.81. The van der Waals surface area contributed by atoms with Crippen LogP contribution < -0.4 is 4.74 Å². The maximum atomic E-state index is 12.3. The number of likely N-dealkylation sites (N-methyl/N-ethyl adjacent to an activating group) is 1. The van der Waals surface area contributed by atoms with Crippen molar-refractivity contribution in [3.05, 3.63) is 29.8 Å². The molecule has 1 fully saturated rings. The Hall–Kier alpha value is -2.06. The lowest BCUT2D eigenvalue weighted by Crippen LogP contribution is -2.44. The molecule has 1 atom stereocenters. The molecule has 1 unspecified atom stereocenters. The fourth-order valence-corrected chi connectivity index (χ4v) is 2.54. The minimum atomic E-state index is -0.644. The van der Waals surface area contributed by atoms with E-state index in [1.54, 1.807) is 43.1 Å². The fourth-order valence-electron chi connectivity index (χ4n) is 2.54. The molecule has 2 rings (SSSR count). The van der Waals surface area contributed by atoms with Crippen LogP contribution in [0.25, 0.3) is 0 Å². The molecule has 1 aliphatic carbocycles. The summed E-state index contributed by atoms with van der Waals surface area (Å²) in [5, 5.41) is 18.3. The number of nitriles is 1. The van der Waals surface area contributed by atoms with Crippen LogP contribution in [0, 0.1) is 17.2 Å². The van der Waals surface area contributed by atoms with E-state index in [2.05, 4.69) is 0 Å². The van der Waals surface area contributed by atoms with Crippen molar-refractivity contribution in [3.8, 4) is 11.8 Å². The van der Waals surface area contributed by atoms with Gasteiger partial charge in [0.1, 0.15) is 11.8 Å². The lowest BCUT2D eigenvalue weighted by atomic mass is 9.82. The molecule has 21 heavy (non-hydrogen) atoms. The van der Waals surface area contributed by atoms with Crippen LogP contribution in [0.3, 0.4) is 0 Å². The number of rotatable bonds is 5. The molecule has 5 nitrogen and oxygen atoms in total. The lowest BCUT2D eigenvalue weighted by molar-refractivity contribution is -0.138. The summed E-state index contributed by atoms with van der Waals surface area (Å²) >= 11 is 0. The van der Waals surface area contributed by atoms with Crippen LogP contribution in [-0.4, -0.2) is 41.7 Å². The van der Waals surface area contributed by atoms with Crippen molar-refractivity contribution in [1.29, 1.82) is 5.26 Å². The summed E-state index contributed by atoms with van der Waals surface area (Å²) in [7, 11) is 1.74. The van der Waals surface area contributed by atoms with E-state index < -0.39 is 6.10 Å². The number of para-hydroxylation sites is 1. The molecule has 1 aromatic carbocycles. The number of aliphatic hydroxyl groups excluding tert-OH is 1. The smallest absolute Gasteiger partial charge is 0.263 e. The average Bonchev–Trinajstić information content (AvgIpc) is 2.45. The Balaban J connectivity index is 1.91. The zero-order valence-corrected chi connectivity index (χ0v) is 12.3. The summed E-state index contributed by atoms with van der Waals surface area (Å²) in [6, 6.07) is 8.92. The molecular formula is C16H20N2O3. The van der Waals surface area contributed by atoms with Crippen LogP contribution in [0.5, 0.6) is 5.75 Å². The second kappa shape index (κ2) is 6.59. The summed E-state index contributed by atoms with van der Waals surface area (Å²) in [6.45, 7) is 2.31. The molecule has 0 aliphatic heterocycles. The quantitative estimate of drug-likeness (QED) is 0.892. The van der Waals surface area contributed by atoms with Crippen molar-refractivity contribution >= 4 is 5.91 Å². The molecule has 1 aliphatic rings. The Labute approximate surface area is 124 Å². The molecular weight excluding hydrogens is 268 g/mol. The van der Waals surface area contributed by atoms with Crippen molar-refractivity contribution in [3.63, 3.8) is 0 Å². The monoisotopic (exact) mass is 288 g/mol. The highest BCUT2D eigenvalue weighted by Gasteiger charge is 2.30. The van der Waals surface area contributed by atoms with E-state index >= 15 is 0 Å². The number of benzene rings is 1. The number of amides is 1. The normalized spacial score (nSPS) is 21.8. The predicted octanol–water partition coefficient (Wildman–Crippen LogP) is 1.55. The van der Waals surface area contributed by atoms with Gasteiger partial charge in [-0.15, -0.1) is 0 Å². The van der Waals surface area contributed by atoms with Gasteiger partial charge in [-0.25, -0.2) is 0 Å². The number of carbonyl (C=O) groups is 1. The molecule has 5 heteroatoms. The van der Waals surface area contributed by atoms with Crippen LogP contribution in [0.1, 0.15) is 25.3 Å². The molecule has 0 radical (unpaired) electrons. The van der Waals surface area contributed by atoms with Gasteiger partial charge in [-0.05, 0) is 37.8 Å². The Morgan fingerprint density at radius 2 is 2.19 bits per heavy atom. The number of nitrogens with zero attached hydrogens (tertiary/aromatic N) is 2. The third-order valence-electron chi connectivity index (χ3n) is 3.78. The van der Waals surface area contributed by atoms with Gasteiger partial charge in [-0.2, -0.15) is 5.26 Å². The lowest BCUT2D eigenvalue weighted by Gasteiger charge is -2.35. The van der Waals surface area contributed by atoms with Crippen LogP contribution in [0.2, 0.25) is 0 Å². The summed E-state index contributed by atoms with van der Waals surface area (Å²) in [4.78, 5) is 13.9. The van der Waals surface area contributed by atoms with Gasteiger partial charge in [0, 0.05) is 13.6 Å². The first-order valence-corrected chi connectivity index (χ1v) is 7.10. The number of carbonyl (C=O) groups excluding carboxylic acids is 1. The molecule has 1 aromatic rings. The third-order valence-corrected chi connectivity index (χ3v) is 3.78. The van der Waals surface area contributed by atoms with Crippen molar-refractivity contribution in [2.24, 2.45) is 5.92 Å². The van der Waals surface area contributed by atoms with Crippen molar-refractivity contribution in [1.82, 2.24) is 4.90 Å². The first kappa shape index (κ1) is 15.3. The minimum Gasteiger partial charge on any atom is -0.480 e. The van der Waals surface area contributed by atoms with Crippen LogP contribution in [0.4, 0.5) is 0 Å². The molecule has 1 N–H and O–H groups in total. The van der Waals surface area contributed by atoms with Crippen molar-refractivity contribution in [2.45, 2.75) is 32.0 Å². The van der Waals surface area contributed by atoms with E-state index in [0.29, 0.717) is 23.8 Å². The molecule has 0 heterocycles. The van der Waals surface area contributed by atoms with Gasteiger partial charge < -0.3 is 14.7 Å². The highest BCUT2D eigenvalue weighted by atomic mass is 16.5. The molecule has 112 valence electrons. The zero-order chi connectivity index (χ0) is 15.4. The predicted molar refractivity (Wildman–Crippen MR) is 77.6 cm³/mol. The van der Waals surface area contributed by atoms with Crippen molar-refractivity contribution in [2.75, 3.05) is 13.6 Å². The Morgan fingerprint density at radius 1 is 1.52 bits per heavy atom. The van der Waals surface area contributed by atoms with E-state index in [1.165, 1.54) is 0 Å². The summed E-state index contributed by atoms with van der Waals surface area (Å²) in [6.07, 6.45) is 0.651. The maximum Gasteiger partial charge on any atom is 0.263 e. The van der Waals surface area contributed by atoms with E-state index in [-0.39, 0.29) is 12.0 Å². The number of hydrogen-bond donors (Lipinski definition) is 1. The molecule has 0 saturated heterocycles. The van der Waals surface area contributed by atoms with Crippen LogP contribution in [0.15, 0.2) is 24.3 Å². The van der Waals surface area contributed by atoms with Gasteiger partial charge >= 0.3 is 0 Å². The molecule has 0 bridgehead atoms. The largest absolute Gasteiger partial charge is 0.480 e. The second-order valence-electron chi connectivity index (χ2n) is 5.58. The van der Waals surface area contributed by atoms with E-state index in [9.17, 15) is 9.90 Å². The van der Waals surface area contributed by atoms with Gasteiger partial charge in [0.25, 0.3) is 5.91 Å². The highest BCUT2D eigenvalue weighted by Crippen LogP contribution is 2.28. The highest BCUT2D eigenvalue weighted by molar-refractivity contribution is 5.80. The summed E-state index contributed by atoms with van der Waals surface area (Å²) < 4.78 is 5.61. The van der Waals surface area contributed by atoms with Crippen LogP contribution >= 0.6 is 0 Å². The third kappa shape index (κ3) is 3.73. The average molecular weight is 288 g/mol. The number of ether oxygens (including phenoxy) is 1. The Morgan fingerprint density at radius 3 is 2.81 bits per heavy atom. The maximum absolute atomic E-state index is 12.3. The van der Waals surface area contributed by atoms with Gasteiger partial charge in [0.2, 0.25) is 0 Å². The fraction of sp³-hybridized carbons (Fsp3) is 0.500. The molecule has 1 saturated carbocycles. The zero-order valence-electron chi connectivity index (χ0n) is 12.3. The number of aliphatic hydroxyl groups is 1. The SMILES string of the molecule is CC(Oc1ccccc1C#N)C(=O)N(C)CC1CC(O)C1. The second-order valence-corrected chi connectivity index (χ2v) is 5.58. The first-order valence-electron chi connectivity index (χ1n) is 7.10. The van der Waals surface area contributed by atoms with E-state index in [4.69, 9.17) is 10.00 Å². The van der Waals surface area contributed by atoms with Crippen LogP contribution in [-0.2, 0) is 4.79 Å². The standard InChI is InChI=1S/C16H20N2O3/c1-11(21-15-6-4-3-5-13(15)9-17)16(20)18(2)10-12-7-14(19)8-12/h3-6,11-12,14,19H,7-8,10H2,1-2H3. The molecule has 0 aromatic heterocycles. The van der Waals surface area contributed by atoms with Gasteiger partial charge in [0.15, 0.2) is 6.10 Å². The molecule has 0 spiro atoms. The minimum absolute atomic E-state index is 0.121.